The van der Waals surface area contributed by atoms with Crippen molar-refractivity contribution in [2.75, 3.05) is 26.2 Å². The monoisotopic (exact) mass is 387 g/mol. The Labute approximate surface area is 163 Å². The molecule has 1 aromatic heterocycles. The predicted octanol–water partition coefficient (Wildman–Crippen LogP) is 3.28. The largest absolute Gasteiger partial charge is 0.361 e. The van der Waals surface area contributed by atoms with Crippen LogP contribution in [0.2, 0.25) is 0 Å². The average molecular weight is 388 g/mol. The summed E-state index contributed by atoms with van der Waals surface area (Å²) in [5.74, 6) is 1.63. The normalized spacial score (nSPS) is 14.9. The van der Waals surface area contributed by atoms with Gasteiger partial charge in [0.05, 0.1) is 11.3 Å². The van der Waals surface area contributed by atoms with Gasteiger partial charge in [0.25, 0.3) is 5.91 Å². The van der Waals surface area contributed by atoms with Crippen LogP contribution in [0.3, 0.4) is 0 Å². The van der Waals surface area contributed by atoms with Gasteiger partial charge >= 0.3 is 0 Å². The molecule has 2 heterocycles. The Kier molecular flexibility index (Phi) is 6.21. The van der Waals surface area contributed by atoms with Crippen molar-refractivity contribution >= 4 is 23.6 Å². The Morgan fingerprint density at radius 1 is 1.11 bits per heavy atom. The van der Waals surface area contributed by atoms with E-state index in [1.54, 1.807) is 18.7 Å². The fourth-order valence-electron chi connectivity index (χ4n) is 3.23. The predicted molar refractivity (Wildman–Crippen MR) is 105 cm³/mol. The minimum Gasteiger partial charge on any atom is -0.361 e. The standard InChI is InChI=1S/C20H25N3O3S/c1-14-18(15(2)26-21-14)13-27-19-8-5-4-7-17(19)20(25)23-10-6-9-22(11-12-23)16(3)24/h4-5,7-8H,6,9-13H2,1-3H3. The molecule has 2 aromatic rings. The SMILES string of the molecule is CC(=O)N1CCCN(C(=O)c2ccccc2SCc2c(C)noc2C)CC1. The number of rotatable bonds is 4. The number of aromatic nitrogens is 1. The van der Waals surface area contributed by atoms with E-state index in [4.69, 9.17) is 4.52 Å². The molecule has 0 unspecified atom stereocenters. The smallest absolute Gasteiger partial charge is 0.255 e. The first-order valence-electron chi connectivity index (χ1n) is 9.15. The number of benzene rings is 1. The molecule has 0 N–H and O–H groups in total. The molecule has 144 valence electrons. The van der Waals surface area contributed by atoms with Crippen LogP contribution < -0.4 is 0 Å². The third-order valence-corrected chi connectivity index (χ3v) is 6.00. The van der Waals surface area contributed by atoms with Crippen molar-refractivity contribution in [1.82, 2.24) is 15.0 Å². The average Bonchev–Trinajstić information content (AvgIpc) is 2.86. The highest BCUT2D eigenvalue weighted by molar-refractivity contribution is 7.98. The first-order valence-corrected chi connectivity index (χ1v) is 10.1. The van der Waals surface area contributed by atoms with Gasteiger partial charge < -0.3 is 14.3 Å². The van der Waals surface area contributed by atoms with Gasteiger partial charge in [-0.1, -0.05) is 17.3 Å². The molecular weight excluding hydrogens is 362 g/mol. The minimum atomic E-state index is 0.0299. The van der Waals surface area contributed by atoms with Crippen LogP contribution in [0.15, 0.2) is 33.7 Å². The number of amides is 2. The maximum Gasteiger partial charge on any atom is 0.255 e. The first kappa shape index (κ1) is 19.5. The topological polar surface area (TPSA) is 66.7 Å². The van der Waals surface area contributed by atoms with Gasteiger partial charge in [0, 0.05) is 49.3 Å². The van der Waals surface area contributed by atoms with Crippen molar-refractivity contribution < 1.29 is 14.1 Å². The number of carbonyl (C=O) groups is 2. The summed E-state index contributed by atoms with van der Waals surface area (Å²) in [5, 5.41) is 4.00. The molecule has 0 atom stereocenters. The van der Waals surface area contributed by atoms with Gasteiger partial charge in [-0.2, -0.15) is 0 Å². The summed E-state index contributed by atoms with van der Waals surface area (Å²) in [6.07, 6.45) is 0.805. The van der Waals surface area contributed by atoms with E-state index in [0.717, 1.165) is 28.3 Å². The zero-order chi connectivity index (χ0) is 19.4. The number of nitrogens with zero attached hydrogens (tertiary/aromatic N) is 3. The van der Waals surface area contributed by atoms with E-state index in [2.05, 4.69) is 5.16 Å². The van der Waals surface area contributed by atoms with Crippen molar-refractivity contribution in [3.05, 3.63) is 46.8 Å². The van der Waals surface area contributed by atoms with E-state index in [9.17, 15) is 9.59 Å². The summed E-state index contributed by atoms with van der Waals surface area (Å²) in [6, 6.07) is 7.71. The van der Waals surface area contributed by atoms with E-state index in [-0.39, 0.29) is 11.8 Å². The zero-order valence-electron chi connectivity index (χ0n) is 16.0. The zero-order valence-corrected chi connectivity index (χ0v) is 16.8. The van der Waals surface area contributed by atoms with E-state index in [1.165, 1.54) is 0 Å². The fourth-order valence-corrected chi connectivity index (χ4v) is 4.43. The molecule has 6 nitrogen and oxygen atoms in total. The molecular formula is C20H25N3O3S. The van der Waals surface area contributed by atoms with E-state index >= 15 is 0 Å². The van der Waals surface area contributed by atoms with Crippen molar-refractivity contribution in [2.45, 2.75) is 37.8 Å². The van der Waals surface area contributed by atoms with Gasteiger partial charge in [0.2, 0.25) is 5.91 Å². The lowest BCUT2D eigenvalue weighted by atomic mass is 10.2. The molecule has 27 heavy (non-hydrogen) atoms. The molecule has 1 fully saturated rings. The van der Waals surface area contributed by atoms with Crippen LogP contribution in [0.1, 0.15) is 40.7 Å². The van der Waals surface area contributed by atoms with E-state index in [1.807, 2.05) is 47.9 Å². The van der Waals surface area contributed by atoms with Crippen LogP contribution in [-0.2, 0) is 10.5 Å². The second-order valence-electron chi connectivity index (χ2n) is 6.74. The van der Waals surface area contributed by atoms with Crippen LogP contribution >= 0.6 is 11.8 Å². The van der Waals surface area contributed by atoms with Gasteiger partial charge in [-0.05, 0) is 32.4 Å². The third kappa shape index (κ3) is 4.53. The molecule has 3 rings (SSSR count). The van der Waals surface area contributed by atoms with Gasteiger partial charge in [-0.15, -0.1) is 11.8 Å². The van der Waals surface area contributed by atoms with Gasteiger partial charge in [-0.3, -0.25) is 9.59 Å². The van der Waals surface area contributed by atoms with Gasteiger partial charge in [0.1, 0.15) is 5.76 Å². The van der Waals surface area contributed by atoms with Crippen LogP contribution in [-0.4, -0.2) is 52.9 Å². The van der Waals surface area contributed by atoms with Gasteiger partial charge in [-0.25, -0.2) is 0 Å². The lowest BCUT2D eigenvalue weighted by Gasteiger charge is -2.22. The Hall–Kier alpha value is -2.28. The molecule has 0 spiro atoms. The van der Waals surface area contributed by atoms with Crippen molar-refractivity contribution in [2.24, 2.45) is 0 Å². The molecule has 1 aliphatic rings. The Balaban J connectivity index is 1.73. The van der Waals surface area contributed by atoms with Crippen molar-refractivity contribution in [1.29, 1.82) is 0 Å². The van der Waals surface area contributed by atoms with Crippen LogP contribution in [0.4, 0.5) is 0 Å². The summed E-state index contributed by atoms with van der Waals surface area (Å²) in [5.41, 5.74) is 2.68. The number of aryl methyl sites for hydroxylation is 2. The number of hydrogen-bond acceptors (Lipinski definition) is 5. The van der Waals surface area contributed by atoms with Gasteiger partial charge in [0.15, 0.2) is 0 Å². The second-order valence-corrected chi connectivity index (χ2v) is 7.76. The summed E-state index contributed by atoms with van der Waals surface area (Å²) >= 11 is 1.62. The molecule has 2 amide bonds. The summed E-state index contributed by atoms with van der Waals surface area (Å²) in [4.78, 5) is 29.4. The molecule has 1 aromatic carbocycles. The highest BCUT2D eigenvalue weighted by Gasteiger charge is 2.23. The lowest BCUT2D eigenvalue weighted by Crippen LogP contribution is -2.36. The third-order valence-electron chi connectivity index (χ3n) is 4.90. The Morgan fingerprint density at radius 2 is 1.81 bits per heavy atom. The molecule has 0 bridgehead atoms. The van der Waals surface area contributed by atoms with Crippen LogP contribution in [0.5, 0.6) is 0 Å². The minimum absolute atomic E-state index is 0.0299. The quantitative estimate of drug-likeness (QED) is 0.753. The summed E-state index contributed by atoms with van der Waals surface area (Å²) < 4.78 is 5.23. The van der Waals surface area contributed by atoms with Crippen LogP contribution in [0, 0.1) is 13.8 Å². The number of thioether (sulfide) groups is 1. The maximum atomic E-state index is 13.1. The fraction of sp³-hybridized carbons (Fsp3) is 0.450. The molecule has 0 radical (unpaired) electrons. The first-order chi connectivity index (χ1) is 13.0. The molecule has 1 saturated heterocycles. The second kappa shape index (κ2) is 8.61. The van der Waals surface area contributed by atoms with E-state index in [0.29, 0.717) is 37.5 Å². The summed E-state index contributed by atoms with van der Waals surface area (Å²) in [7, 11) is 0. The van der Waals surface area contributed by atoms with Crippen molar-refractivity contribution in [3.63, 3.8) is 0 Å². The number of carbonyl (C=O) groups excluding carboxylic acids is 2. The van der Waals surface area contributed by atoms with Crippen LogP contribution in [0.25, 0.3) is 0 Å². The Morgan fingerprint density at radius 3 is 2.52 bits per heavy atom. The van der Waals surface area contributed by atoms with E-state index < -0.39 is 0 Å². The molecule has 7 heteroatoms. The molecule has 0 saturated carbocycles. The highest BCUT2D eigenvalue weighted by atomic mass is 32.2. The lowest BCUT2D eigenvalue weighted by molar-refractivity contribution is -0.128. The molecule has 1 aliphatic heterocycles. The Bertz CT molecular complexity index is 814. The maximum absolute atomic E-state index is 13.1. The highest BCUT2D eigenvalue weighted by Crippen LogP contribution is 2.29. The summed E-state index contributed by atoms with van der Waals surface area (Å²) in [6.45, 7) is 7.97. The van der Waals surface area contributed by atoms with Crippen molar-refractivity contribution in [3.8, 4) is 0 Å². The number of hydrogen-bond donors (Lipinski definition) is 0. The molecule has 0 aliphatic carbocycles.